The van der Waals surface area contributed by atoms with Gasteiger partial charge in [-0.2, -0.15) is 0 Å². The molecular formula is C12H21N2O2+. The Kier molecular flexibility index (Phi) is 4.52. The molecule has 0 aliphatic rings. The van der Waals surface area contributed by atoms with Gasteiger partial charge in [-0.1, -0.05) is 13.8 Å². The first-order chi connectivity index (χ1) is 7.50. The van der Waals surface area contributed by atoms with E-state index < -0.39 is 5.97 Å². The summed E-state index contributed by atoms with van der Waals surface area (Å²) in [5.41, 5.74) is 0. The lowest BCUT2D eigenvalue weighted by Gasteiger charge is -2.03. The van der Waals surface area contributed by atoms with Gasteiger partial charge in [-0.25, -0.2) is 13.9 Å². The summed E-state index contributed by atoms with van der Waals surface area (Å²) >= 11 is 0. The second-order valence-electron chi connectivity index (χ2n) is 4.60. The Hall–Kier alpha value is -1.32. The SMILES string of the molecule is Cc1n(CCCC(C)C)cc[n+]1CC(=O)O. The van der Waals surface area contributed by atoms with Crippen LogP contribution in [-0.4, -0.2) is 15.6 Å². The molecule has 16 heavy (non-hydrogen) atoms. The van der Waals surface area contributed by atoms with Crippen LogP contribution in [0, 0.1) is 12.8 Å². The van der Waals surface area contributed by atoms with E-state index in [9.17, 15) is 4.79 Å². The van der Waals surface area contributed by atoms with E-state index in [1.807, 2.05) is 19.3 Å². The molecule has 4 nitrogen and oxygen atoms in total. The third-order valence-corrected chi connectivity index (χ3v) is 2.74. The maximum Gasteiger partial charge on any atom is 0.346 e. The summed E-state index contributed by atoms with van der Waals surface area (Å²) in [7, 11) is 0. The number of carboxylic acid groups (broad SMARTS) is 1. The van der Waals surface area contributed by atoms with Crippen LogP contribution in [0.4, 0.5) is 0 Å². The summed E-state index contributed by atoms with van der Waals surface area (Å²) in [6.45, 7) is 7.40. The molecule has 0 saturated carbocycles. The van der Waals surface area contributed by atoms with Gasteiger partial charge in [0.2, 0.25) is 0 Å². The zero-order chi connectivity index (χ0) is 12.1. The number of imidazole rings is 1. The van der Waals surface area contributed by atoms with E-state index >= 15 is 0 Å². The first kappa shape index (κ1) is 12.7. The highest BCUT2D eigenvalue weighted by Gasteiger charge is 2.14. The molecule has 0 unspecified atom stereocenters. The van der Waals surface area contributed by atoms with E-state index in [0.29, 0.717) is 0 Å². The molecule has 1 aromatic rings. The normalized spacial score (nSPS) is 11.0. The molecule has 1 N–H and O–H groups in total. The standard InChI is InChI=1S/C12H20N2O2/c1-10(2)5-4-6-13-7-8-14(11(13)3)9-12(15)16/h7-8,10H,4-6,9H2,1-3H3/p+1. The van der Waals surface area contributed by atoms with Crippen molar-refractivity contribution < 1.29 is 14.5 Å². The maximum absolute atomic E-state index is 10.6. The van der Waals surface area contributed by atoms with Crippen molar-refractivity contribution in [1.29, 1.82) is 0 Å². The average molecular weight is 225 g/mol. The zero-order valence-electron chi connectivity index (χ0n) is 10.3. The molecule has 0 fully saturated rings. The number of nitrogens with zero attached hydrogens (tertiary/aromatic N) is 2. The number of aryl methyl sites for hydroxylation is 1. The quantitative estimate of drug-likeness (QED) is 0.747. The predicted octanol–water partition coefficient (Wildman–Crippen LogP) is 1.60. The summed E-state index contributed by atoms with van der Waals surface area (Å²) < 4.78 is 3.88. The minimum Gasteiger partial charge on any atom is -0.478 e. The fourth-order valence-corrected chi connectivity index (χ4v) is 1.76. The lowest BCUT2D eigenvalue weighted by Crippen LogP contribution is -2.39. The lowest BCUT2D eigenvalue weighted by atomic mass is 10.1. The molecule has 4 heteroatoms. The number of aliphatic carboxylic acids is 1. The highest BCUT2D eigenvalue weighted by molar-refractivity contribution is 5.64. The highest BCUT2D eigenvalue weighted by atomic mass is 16.4. The van der Waals surface area contributed by atoms with Crippen molar-refractivity contribution in [1.82, 2.24) is 4.57 Å². The third-order valence-electron chi connectivity index (χ3n) is 2.74. The fourth-order valence-electron chi connectivity index (χ4n) is 1.76. The number of hydrogen-bond acceptors (Lipinski definition) is 1. The highest BCUT2D eigenvalue weighted by Crippen LogP contribution is 2.06. The number of rotatable bonds is 6. The van der Waals surface area contributed by atoms with Crippen molar-refractivity contribution >= 4 is 5.97 Å². The Bertz CT molecular complexity index is 356. The van der Waals surface area contributed by atoms with E-state index in [-0.39, 0.29) is 6.54 Å². The largest absolute Gasteiger partial charge is 0.478 e. The van der Waals surface area contributed by atoms with Crippen LogP contribution in [0.1, 0.15) is 32.5 Å². The molecular weight excluding hydrogens is 204 g/mol. The smallest absolute Gasteiger partial charge is 0.346 e. The molecule has 0 bridgehead atoms. The summed E-state index contributed by atoms with van der Waals surface area (Å²) in [5, 5.41) is 8.72. The van der Waals surface area contributed by atoms with Crippen molar-refractivity contribution in [3.8, 4) is 0 Å². The molecule has 0 saturated heterocycles. The summed E-state index contributed by atoms with van der Waals surface area (Å²) in [5.74, 6) is 0.932. The van der Waals surface area contributed by atoms with Crippen molar-refractivity contribution in [2.24, 2.45) is 5.92 Å². The van der Waals surface area contributed by atoms with Gasteiger partial charge in [-0.05, 0) is 18.8 Å². The Labute approximate surface area is 96.5 Å². The summed E-state index contributed by atoms with van der Waals surface area (Å²) in [6, 6.07) is 0. The minimum absolute atomic E-state index is 0.0447. The average Bonchev–Trinajstić information content (AvgIpc) is 2.48. The van der Waals surface area contributed by atoms with E-state index in [2.05, 4.69) is 18.4 Å². The molecule has 0 amide bonds. The van der Waals surface area contributed by atoms with Crippen molar-refractivity contribution in [3.63, 3.8) is 0 Å². The van der Waals surface area contributed by atoms with Crippen LogP contribution in [0.15, 0.2) is 12.4 Å². The van der Waals surface area contributed by atoms with Gasteiger partial charge in [0.15, 0.2) is 6.54 Å². The van der Waals surface area contributed by atoms with Crippen LogP contribution in [-0.2, 0) is 17.9 Å². The fraction of sp³-hybridized carbons (Fsp3) is 0.667. The van der Waals surface area contributed by atoms with Crippen LogP contribution < -0.4 is 4.57 Å². The molecule has 0 spiro atoms. The van der Waals surface area contributed by atoms with Crippen LogP contribution in [0.3, 0.4) is 0 Å². The van der Waals surface area contributed by atoms with Crippen LogP contribution in [0.5, 0.6) is 0 Å². The molecule has 1 aromatic heterocycles. The van der Waals surface area contributed by atoms with Gasteiger partial charge in [0.05, 0.1) is 6.54 Å². The molecule has 0 aromatic carbocycles. The molecule has 0 radical (unpaired) electrons. The maximum atomic E-state index is 10.6. The van der Waals surface area contributed by atoms with E-state index in [1.165, 1.54) is 6.42 Å². The second-order valence-corrected chi connectivity index (χ2v) is 4.60. The van der Waals surface area contributed by atoms with Gasteiger partial charge in [-0.3, -0.25) is 0 Å². The summed E-state index contributed by atoms with van der Waals surface area (Å²) in [6.07, 6.45) is 6.13. The van der Waals surface area contributed by atoms with Gasteiger partial charge in [0, 0.05) is 6.92 Å². The molecule has 1 heterocycles. The van der Waals surface area contributed by atoms with Crippen molar-refractivity contribution in [3.05, 3.63) is 18.2 Å². The topological polar surface area (TPSA) is 46.1 Å². The number of hydrogen-bond donors (Lipinski definition) is 1. The van der Waals surface area contributed by atoms with Crippen LogP contribution >= 0.6 is 0 Å². The lowest BCUT2D eigenvalue weighted by molar-refractivity contribution is -0.691. The van der Waals surface area contributed by atoms with Crippen LogP contribution in [0.25, 0.3) is 0 Å². The van der Waals surface area contributed by atoms with Gasteiger partial charge in [-0.15, -0.1) is 0 Å². The van der Waals surface area contributed by atoms with E-state index in [0.717, 1.165) is 24.7 Å². The predicted molar refractivity (Wildman–Crippen MR) is 61.1 cm³/mol. The summed E-state index contributed by atoms with van der Waals surface area (Å²) in [4.78, 5) is 10.6. The van der Waals surface area contributed by atoms with Gasteiger partial charge < -0.3 is 5.11 Å². The van der Waals surface area contributed by atoms with Gasteiger partial charge in [0.1, 0.15) is 12.4 Å². The Balaban J connectivity index is 2.54. The molecule has 1 rings (SSSR count). The Morgan fingerprint density at radius 3 is 2.81 bits per heavy atom. The number of carboxylic acids is 1. The minimum atomic E-state index is -0.798. The Morgan fingerprint density at radius 1 is 1.56 bits per heavy atom. The van der Waals surface area contributed by atoms with Crippen molar-refractivity contribution in [2.75, 3.05) is 0 Å². The van der Waals surface area contributed by atoms with Crippen LogP contribution in [0.2, 0.25) is 0 Å². The first-order valence-electron chi connectivity index (χ1n) is 5.77. The van der Waals surface area contributed by atoms with Gasteiger partial charge in [0.25, 0.3) is 5.82 Å². The molecule has 90 valence electrons. The first-order valence-corrected chi connectivity index (χ1v) is 5.77. The zero-order valence-corrected chi connectivity index (χ0v) is 10.3. The third kappa shape index (κ3) is 3.68. The Morgan fingerprint density at radius 2 is 2.25 bits per heavy atom. The molecule has 0 aliphatic heterocycles. The van der Waals surface area contributed by atoms with Gasteiger partial charge >= 0.3 is 5.97 Å². The molecule has 0 atom stereocenters. The molecule has 0 aliphatic carbocycles. The monoisotopic (exact) mass is 225 g/mol. The van der Waals surface area contributed by atoms with E-state index in [4.69, 9.17) is 5.11 Å². The van der Waals surface area contributed by atoms with Crippen molar-refractivity contribution in [2.45, 2.75) is 46.7 Å². The van der Waals surface area contributed by atoms with E-state index in [1.54, 1.807) is 4.57 Å². The second kappa shape index (κ2) is 5.68. The number of aromatic nitrogens is 2. The number of carbonyl (C=O) groups is 1.